The molecule has 2 aromatic heterocycles. The number of hydrogen-bond acceptors (Lipinski definition) is 4. The van der Waals surface area contributed by atoms with Crippen LogP contribution in [-0.2, 0) is 11.4 Å². The summed E-state index contributed by atoms with van der Waals surface area (Å²) in [6.07, 6.45) is 3.46. The fraction of sp³-hybridized carbons (Fsp3) is 0.462. The van der Waals surface area contributed by atoms with Gasteiger partial charge in [0.2, 0.25) is 0 Å². The Balaban J connectivity index is 2.16. The minimum absolute atomic E-state index is 0.0996. The molecule has 98 valence electrons. The van der Waals surface area contributed by atoms with Crippen LogP contribution in [0.5, 0.6) is 0 Å². The van der Waals surface area contributed by atoms with Crippen LogP contribution in [0.3, 0.4) is 0 Å². The van der Waals surface area contributed by atoms with Crippen molar-refractivity contribution in [1.29, 1.82) is 0 Å². The molecule has 0 spiro atoms. The van der Waals surface area contributed by atoms with Gasteiger partial charge in [0, 0.05) is 29.1 Å². The van der Waals surface area contributed by atoms with Gasteiger partial charge in [0.05, 0.1) is 0 Å². The second kappa shape index (κ2) is 4.91. The van der Waals surface area contributed by atoms with E-state index in [0.717, 1.165) is 16.7 Å². The molecule has 2 rings (SSSR count). The summed E-state index contributed by atoms with van der Waals surface area (Å²) >= 11 is -1.12. The predicted octanol–water partition coefficient (Wildman–Crippen LogP) is 2.94. The number of pyridine rings is 1. The zero-order valence-corrected chi connectivity index (χ0v) is 11.9. The third-order valence-electron chi connectivity index (χ3n) is 2.60. The molecule has 0 amide bonds. The summed E-state index contributed by atoms with van der Waals surface area (Å²) in [6.45, 7) is 7.75. The first-order valence-electron chi connectivity index (χ1n) is 5.89. The maximum Gasteiger partial charge on any atom is 0.137 e. The highest BCUT2D eigenvalue weighted by atomic mass is 32.2. The van der Waals surface area contributed by atoms with Crippen molar-refractivity contribution in [1.82, 2.24) is 9.71 Å². The molecule has 0 saturated carbocycles. The Morgan fingerprint density at radius 3 is 2.78 bits per heavy atom. The Bertz CT molecular complexity index is 500. The summed E-state index contributed by atoms with van der Waals surface area (Å²) in [5.74, 6) is 0.774. The van der Waals surface area contributed by atoms with Gasteiger partial charge < -0.3 is 8.97 Å². The van der Waals surface area contributed by atoms with Crippen LogP contribution in [0, 0.1) is 0 Å². The molecule has 0 aliphatic heterocycles. The topological polar surface area (TPSA) is 61.1 Å². The highest BCUT2D eigenvalue weighted by Crippen LogP contribution is 2.25. The monoisotopic (exact) mass is 266 g/mol. The summed E-state index contributed by atoms with van der Waals surface area (Å²) in [5.41, 5.74) is 0.801. The molecular formula is C13H18N2O2S. The number of rotatable bonds is 3. The minimum atomic E-state index is -1.12. The highest BCUT2D eigenvalue weighted by Gasteiger charge is 2.29. The third kappa shape index (κ3) is 2.85. The van der Waals surface area contributed by atoms with Gasteiger partial charge in [0.1, 0.15) is 22.1 Å². The van der Waals surface area contributed by atoms with E-state index >= 15 is 0 Å². The molecule has 4 nitrogen and oxygen atoms in total. The van der Waals surface area contributed by atoms with Crippen LogP contribution in [0.4, 0.5) is 0 Å². The molecule has 2 atom stereocenters. The lowest BCUT2D eigenvalue weighted by Gasteiger charge is -2.25. The summed E-state index contributed by atoms with van der Waals surface area (Å²) in [7, 11) is 0. The first-order valence-corrected chi connectivity index (χ1v) is 7.04. The molecule has 18 heavy (non-hydrogen) atoms. The Kier molecular flexibility index (Phi) is 3.66. The number of hydrogen-bond donors (Lipinski definition) is 1. The van der Waals surface area contributed by atoms with Gasteiger partial charge in [-0.1, -0.05) is 0 Å². The first kappa shape index (κ1) is 13.4. The normalized spacial score (nSPS) is 15.8. The van der Waals surface area contributed by atoms with Gasteiger partial charge in [-0.05, 0) is 39.8 Å². The van der Waals surface area contributed by atoms with Gasteiger partial charge in [-0.2, -0.15) is 0 Å². The van der Waals surface area contributed by atoms with Crippen molar-refractivity contribution < 1.29 is 8.97 Å². The van der Waals surface area contributed by atoms with Crippen molar-refractivity contribution in [3.63, 3.8) is 0 Å². The molecule has 0 aromatic carbocycles. The van der Waals surface area contributed by atoms with Gasteiger partial charge in [0.15, 0.2) is 0 Å². The SMILES string of the molecule is C[C@H](N[S@@+]([O-])C(C)(C)C)c1cc2cnccc2o1. The van der Waals surface area contributed by atoms with Gasteiger partial charge in [-0.15, -0.1) is 4.72 Å². The molecule has 0 radical (unpaired) electrons. The van der Waals surface area contributed by atoms with E-state index in [-0.39, 0.29) is 10.8 Å². The quantitative estimate of drug-likeness (QED) is 0.868. The summed E-state index contributed by atoms with van der Waals surface area (Å²) < 4.78 is 20.5. The van der Waals surface area contributed by atoms with Crippen molar-refractivity contribution >= 4 is 22.3 Å². The number of aromatic nitrogens is 1. The standard InChI is InChI=1S/C13H18N2O2S/c1-9(15-18(16)13(2,3)4)12-7-10-8-14-6-5-11(10)17-12/h5-9,15H,1-4H3/t9-,18-/m0/s1. The second-order valence-corrected chi connectivity index (χ2v) is 7.28. The van der Waals surface area contributed by atoms with Gasteiger partial charge >= 0.3 is 0 Å². The van der Waals surface area contributed by atoms with Crippen LogP contribution in [0.25, 0.3) is 11.0 Å². The molecule has 0 aliphatic carbocycles. The van der Waals surface area contributed by atoms with E-state index in [0.29, 0.717) is 0 Å². The van der Waals surface area contributed by atoms with E-state index < -0.39 is 11.4 Å². The van der Waals surface area contributed by atoms with Gasteiger partial charge in [-0.3, -0.25) is 4.98 Å². The largest absolute Gasteiger partial charge is 0.598 e. The number of nitrogens with one attached hydrogen (secondary N) is 1. The molecule has 0 aliphatic rings. The Morgan fingerprint density at radius 2 is 2.17 bits per heavy atom. The maximum absolute atomic E-state index is 12.0. The highest BCUT2D eigenvalue weighted by molar-refractivity contribution is 7.90. The predicted molar refractivity (Wildman–Crippen MR) is 73.5 cm³/mol. The molecule has 1 N–H and O–H groups in total. The van der Waals surface area contributed by atoms with E-state index in [1.165, 1.54) is 0 Å². The summed E-state index contributed by atoms with van der Waals surface area (Å²) in [6, 6.07) is 3.66. The van der Waals surface area contributed by atoms with Crippen molar-refractivity contribution in [3.8, 4) is 0 Å². The van der Waals surface area contributed by atoms with Crippen LogP contribution in [0.2, 0.25) is 0 Å². The third-order valence-corrected chi connectivity index (χ3v) is 4.28. The Hall–Kier alpha value is -1.04. The number of fused-ring (bicyclic) bond motifs is 1. The zero-order chi connectivity index (χ0) is 13.3. The second-order valence-electron chi connectivity index (χ2n) is 5.28. The molecule has 0 saturated heterocycles. The van der Waals surface area contributed by atoms with Crippen molar-refractivity contribution in [2.75, 3.05) is 0 Å². The molecule has 0 fully saturated rings. The lowest BCUT2D eigenvalue weighted by molar-refractivity contribution is 0.475. The average molecular weight is 266 g/mol. The molecule has 0 unspecified atom stereocenters. The Morgan fingerprint density at radius 1 is 1.44 bits per heavy atom. The number of furan rings is 1. The van der Waals surface area contributed by atoms with Crippen molar-refractivity contribution in [2.24, 2.45) is 0 Å². The molecule has 2 aromatic rings. The van der Waals surface area contributed by atoms with Crippen LogP contribution >= 0.6 is 0 Å². The lowest BCUT2D eigenvalue weighted by Crippen LogP contribution is -2.40. The van der Waals surface area contributed by atoms with Gasteiger partial charge in [0.25, 0.3) is 0 Å². The van der Waals surface area contributed by atoms with Crippen molar-refractivity contribution in [2.45, 2.75) is 38.5 Å². The van der Waals surface area contributed by atoms with Crippen LogP contribution in [-0.4, -0.2) is 14.3 Å². The van der Waals surface area contributed by atoms with E-state index in [1.54, 1.807) is 12.4 Å². The van der Waals surface area contributed by atoms with E-state index in [2.05, 4.69) is 9.71 Å². The smallest absolute Gasteiger partial charge is 0.137 e. The zero-order valence-electron chi connectivity index (χ0n) is 11.1. The van der Waals surface area contributed by atoms with Crippen LogP contribution in [0.1, 0.15) is 39.5 Å². The summed E-state index contributed by atoms with van der Waals surface area (Å²) in [5, 5.41) is 0.961. The molecular weight excluding hydrogens is 248 g/mol. The fourth-order valence-corrected chi connectivity index (χ4v) is 2.30. The first-order chi connectivity index (χ1) is 8.38. The molecule has 2 heterocycles. The molecule has 5 heteroatoms. The van der Waals surface area contributed by atoms with E-state index in [9.17, 15) is 4.55 Å². The maximum atomic E-state index is 12.0. The molecule has 0 bridgehead atoms. The van der Waals surface area contributed by atoms with Crippen molar-refractivity contribution in [3.05, 3.63) is 30.3 Å². The summed E-state index contributed by atoms with van der Waals surface area (Å²) in [4.78, 5) is 4.05. The van der Waals surface area contributed by atoms with Crippen LogP contribution in [0.15, 0.2) is 28.9 Å². The fourth-order valence-electron chi connectivity index (χ4n) is 1.51. The van der Waals surface area contributed by atoms with E-state index in [4.69, 9.17) is 4.42 Å². The number of nitrogens with zero attached hydrogens (tertiary/aromatic N) is 1. The minimum Gasteiger partial charge on any atom is -0.598 e. The van der Waals surface area contributed by atoms with Crippen LogP contribution < -0.4 is 4.72 Å². The average Bonchev–Trinajstić information content (AvgIpc) is 2.71. The van der Waals surface area contributed by atoms with E-state index in [1.807, 2.05) is 39.8 Å². The van der Waals surface area contributed by atoms with Gasteiger partial charge in [-0.25, -0.2) is 0 Å². The Labute approximate surface area is 110 Å². The lowest BCUT2D eigenvalue weighted by atomic mass is 10.2.